The van der Waals surface area contributed by atoms with Gasteiger partial charge in [0.1, 0.15) is 12.3 Å². The van der Waals surface area contributed by atoms with Crippen LogP contribution in [0.1, 0.15) is 53.9 Å². The molecular formula is C26H50N6O4Si. The molecule has 1 aliphatic heterocycles. The molecule has 37 heavy (non-hydrogen) atoms. The molecule has 1 atom stereocenters. The van der Waals surface area contributed by atoms with E-state index in [2.05, 4.69) is 31.6 Å². The van der Waals surface area contributed by atoms with E-state index in [4.69, 9.17) is 14.5 Å². The molecule has 0 aromatic rings. The zero-order valence-electron chi connectivity index (χ0n) is 24.8. The first-order valence-electron chi connectivity index (χ1n) is 13.1. The fourth-order valence-electron chi connectivity index (χ4n) is 3.69. The van der Waals surface area contributed by atoms with E-state index in [1.165, 1.54) is 4.90 Å². The van der Waals surface area contributed by atoms with Gasteiger partial charge in [-0.25, -0.2) is 20.1 Å². The summed E-state index contributed by atoms with van der Waals surface area (Å²) in [5.74, 6) is 0.452. The Labute approximate surface area is 225 Å². The highest BCUT2D eigenvalue weighted by Crippen LogP contribution is 2.24. The summed E-state index contributed by atoms with van der Waals surface area (Å²) in [6.07, 6.45) is 4.53. The number of carbonyl (C=O) groups excluding carboxylic acids is 2. The lowest BCUT2D eigenvalue weighted by atomic mass is 10.0. The molecule has 11 heteroatoms. The average molecular weight is 539 g/mol. The second-order valence-corrected chi connectivity index (χ2v) is 17.0. The molecule has 212 valence electrons. The molecule has 2 amide bonds. The SMILES string of the molecule is C=CN(C1CCN(C(=O)OC(C)(C)C)C(=O)C1)N(C)/C(C)=C(\N=CCC)N(COCC[Si](C)(C)C)NC. The van der Waals surface area contributed by atoms with Crippen LogP contribution in [0.15, 0.2) is 29.3 Å². The van der Waals surface area contributed by atoms with Crippen molar-refractivity contribution in [3.8, 4) is 0 Å². The molecule has 10 nitrogen and oxygen atoms in total. The molecule has 1 heterocycles. The maximum absolute atomic E-state index is 12.9. The van der Waals surface area contributed by atoms with E-state index in [0.717, 1.165) is 18.2 Å². The standard InChI is InChI=1S/C26H50N6O4Si/c1-12-15-28-24(31(27-7)20-35-17-18-37(9,10)11)21(3)29(8)32(13-2)22-14-16-30(23(33)19-22)25(34)36-26(4,5)6/h13,15,22,27H,2,12,14,16-20H2,1,3-11H3/b24-21+,28-15?. The van der Waals surface area contributed by atoms with Gasteiger partial charge in [-0.05, 0) is 46.6 Å². The van der Waals surface area contributed by atoms with Crippen LogP contribution < -0.4 is 5.43 Å². The Kier molecular flexibility index (Phi) is 12.8. The number of allylic oxidation sites excluding steroid dienone is 1. The smallest absolute Gasteiger partial charge is 0.417 e. The lowest BCUT2D eigenvalue weighted by molar-refractivity contribution is -0.136. The van der Waals surface area contributed by atoms with Gasteiger partial charge in [-0.3, -0.25) is 19.8 Å². The predicted molar refractivity (Wildman–Crippen MR) is 152 cm³/mol. The number of carbonyl (C=O) groups is 2. The molecule has 0 spiro atoms. The molecule has 1 unspecified atom stereocenters. The summed E-state index contributed by atoms with van der Waals surface area (Å²) in [5, 5.41) is 5.75. The number of aliphatic imine (C=N–C) groups is 1. The van der Waals surface area contributed by atoms with Crippen molar-refractivity contribution in [1.29, 1.82) is 0 Å². The lowest BCUT2D eigenvalue weighted by Gasteiger charge is -2.43. The summed E-state index contributed by atoms with van der Waals surface area (Å²) in [6, 6.07) is 0.928. The molecule has 0 saturated carbocycles. The fourth-order valence-corrected chi connectivity index (χ4v) is 4.45. The highest BCUT2D eigenvalue weighted by molar-refractivity contribution is 6.76. The summed E-state index contributed by atoms with van der Waals surface area (Å²) in [4.78, 5) is 31.2. The summed E-state index contributed by atoms with van der Waals surface area (Å²) in [7, 11) is 2.57. The minimum Gasteiger partial charge on any atom is -0.443 e. The van der Waals surface area contributed by atoms with E-state index >= 15 is 0 Å². The first-order valence-corrected chi connectivity index (χ1v) is 16.8. The summed E-state index contributed by atoms with van der Waals surface area (Å²) < 4.78 is 11.4. The highest BCUT2D eigenvalue weighted by Gasteiger charge is 2.36. The second kappa shape index (κ2) is 14.5. The van der Waals surface area contributed by atoms with Crippen molar-refractivity contribution in [3.63, 3.8) is 0 Å². The van der Waals surface area contributed by atoms with Crippen LogP contribution in [0, 0.1) is 0 Å². The third-order valence-corrected chi connectivity index (χ3v) is 7.57. The topological polar surface area (TPSA) is 90.0 Å². The molecule has 1 N–H and O–H groups in total. The van der Waals surface area contributed by atoms with Gasteiger partial charge in [0.15, 0.2) is 5.82 Å². The molecule has 1 saturated heterocycles. The first kappa shape index (κ1) is 32.7. The summed E-state index contributed by atoms with van der Waals surface area (Å²) >= 11 is 0. The van der Waals surface area contributed by atoms with Crippen LogP contribution in [0.4, 0.5) is 4.79 Å². The van der Waals surface area contributed by atoms with Crippen molar-refractivity contribution in [1.82, 2.24) is 25.4 Å². The molecule has 1 fully saturated rings. The van der Waals surface area contributed by atoms with Gasteiger partial charge < -0.3 is 9.47 Å². The zero-order valence-corrected chi connectivity index (χ0v) is 25.8. The minimum absolute atomic E-state index is 0.156. The summed E-state index contributed by atoms with van der Waals surface area (Å²) in [6.45, 7) is 21.7. The Bertz CT molecular complexity index is 834. The normalized spacial score (nSPS) is 17.5. The van der Waals surface area contributed by atoms with E-state index in [1.54, 1.807) is 27.0 Å². The van der Waals surface area contributed by atoms with Crippen LogP contribution in [-0.4, -0.2) is 91.8 Å². The van der Waals surface area contributed by atoms with Crippen molar-refractivity contribution < 1.29 is 19.1 Å². The minimum atomic E-state index is -1.19. The second-order valence-electron chi connectivity index (χ2n) is 11.4. The van der Waals surface area contributed by atoms with E-state index in [-0.39, 0.29) is 24.9 Å². The van der Waals surface area contributed by atoms with Crippen molar-refractivity contribution in [3.05, 3.63) is 24.3 Å². The molecule has 1 rings (SSSR count). The van der Waals surface area contributed by atoms with Crippen LogP contribution in [-0.2, 0) is 14.3 Å². The Balaban J connectivity index is 3.06. The van der Waals surface area contributed by atoms with Gasteiger partial charge >= 0.3 is 6.09 Å². The van der Waals surface area contributed by atoms with Gasteiger partial charge in [-0.2, -0.15) is 0 Å². The molecule has 0 aromatic carbocycles. The Hall–Kier alpha value is -2.37. The number of hydrazine groups is 2. The number of hydrogen-bond acceptors (Lipinski definition) is 9. The van der Waals surface area contributed by atoms with Gasteiger partial charge in [0.2, 0.25) is 5.91 Å². The Morgan fingerprint density at radius 3 is 2.46 bits per heavy atom. The number of hydrogen-bond donors (Lipinski definition) is 1. The zero-order chi connectivity index (χ0) is 28.4. The molecule has 0 aliphatic carbocycles. The Morgan fingerprint density at radius 1 is 1.32 bits per heavy atom. The van der Waals surface area contributed by atoms with Crippen LogP contribution in [0.25, 0.3) is 0 Å². The van der Waals surface area contributed by atoms with Gasteiger partial charge in [-0.1, -0.05) is 33.1 Å². The third-order valence-electron chi connectivity index (χ3n) is 5.87. The van der Waals surface area contributed by atoms with Gasteiger partial charge in [0, 0.05) is 54.2 Å². The van der Waals surface area contributed by atoms with E-state index in [1.807, 2.05) is 49.2 Å². The number of nitrogens with one attached hydrogen (secondary N) is 1. The van der Waals surface area contributed by atoms with E-state index in [9.17, 15) is 9.59 Å². The van der Waals surface area contributed by atoms with Gasteiger partial charge in [0.25, 0.3) is 0 Å². The number of imide groups is 1. The number of likely N-dealkylation sites (tertiary alicyclic amines) is 1. The van der Waals surface area contributed by atoms with Crippen LogP contribution in [0.3, 0.4) is 0 Å². The van der Waals surface area contributed by atoms with Crippen molar-refractivity contribution in [2.75, 3.05) is 34.0 Å². The quantitative estimate of drug-likeness (QED) is 0.119. The number of ether oxygens (including phenoxy) is 2. The van der Waals surface area contributed by atoms with Crippen LogP contribution in [0.5, 0.6) is 0 Å². The van der Waals surface area contributed by atoms with Gasteiger partial charge in [0.05, 0.1) is 11.7 Å². The van der Waals surface area contributed by atoms with Crippen LogP contribution >= 0.6 is 0 Å². The number of amides is 2. The molecule has 0 aromatic heterocycles. The molecular weight excluding hydrogens is 488 g/mol. The number of piperidine rings is 1. The predicted octanol–water partition coefficient (Wildman–Crippen LogP) is 4.62. The largest absolute Gasteiger partial charge is 0.443 e. The molecule has 0 bridgehead atoms. The fraction of sp³-hybridized carbons (Fsp3) is 0.731. The first-order chi connectivity index (χ1) is 17.1. The molecule has 0 radical (unpaired) electrons. The molecule has 1 aliphatic rings. The van der Waals surface area contributed by atoms with Gasteiger partial charge in [-0.15, -0.1) is 0 Å². The van der Waals surface area contributed by atoms with Crippen molar-refractivity contribution in [2.45, 2.75) is 91.2 Å². The maximum atomic E-state index is 12.9. The number of nitrogens with zero attached hydrogens (tertiary/aromatic N) is 5. The maximum Gasteiger partial charge on any atom is 0.417 e. The van der Waals surface area contributed by atoms with E-state index in [0.29, 0.717) is 25.6 Å². The lowest BCUT2D eigenvalue weighted by Crippen LogP contribution is -2.53. The third kappa shape index (κ3) is 10.9. The van der Waals surface area contributed by atoms with E-state index < -0.39 is 19.8 Å². The summed E-state index contributed by atoms with van der Waals surface area (Å²) in [5.41, 5.74) is 3.39. The monoisotopic (exact) mass is 538 g/mol. The number of rotatable bonds is 13. The van der Waals surface area contributed by atoms with Crippen molar-refractivity contribution >= 4 is 26.3 Å². The highest BCUT2D eigenvalue weighted by atomic mass is 28.3. The van der Waals surface area contributed by atoms with Crippen LogP contribution in [0.2, 0.25) is 25.7 Å². The Morgan fingerprint density at radius 2 is 1.97 bits per heavy atom. The average Bonchev–Trinajstić information content (AvgIpc) is 2.78. The van der Waals surface area contributed by atoms with Crippen molar-refractivity contribution in [2.24, 2.45) is 4.99 Å².